The molecule has 0 N–H and O–H groups in total. The third-order valence-corrected chi connectivity index (χ3v) is 3.07. The van der Waals surface area contributed by atoms with Crippen LogP contribution in [0.2, 0.25) is 5.02 Å². The van der Waals surface area contributed by atoms with Gasteiger partial charge in [-0.15, -0.1) is 0 Å². The maximum Gasteiger partial charge on any atom is 0.139 e. The number of ether oxygens (including phenoxy) is 1. The summed E-state index contributed by atoms with van der Waals surface area (Å²) in [6.07, 6.45) is 0. The fourth-order valence-electron chi connectivity index (χ4n) is 1.60. The first-order valence-corrected chi connectivity index (χ1v) is 5.97. The van der Waals surface area contributed by atoms with Crippen LogP contribution in [-0.4, -0.2) is 7.85 Å². The average Bonchev–Trinajstić information content (AvgIpc) is 2.33. The van der Waals surface area contributed by atoms with Crippen LogP contribution in [-0.2, 0) is 6.61 Å². The molecule has 17 heavy (non-hydrogen) atoms. The predicted molar refractivity (Wildman–Crippen MR) is 75.1 cm³/mol. The van der Waals surface area contributed by atoms with Gasteiger partial charge in [0.2, 0.25) is 0 Å². The van der Waals surface area contributed by atoms with E-state index in [9.17, 15) is 0 Å². The van der Waals surface area contributed by atoms with Crippen LogP contribution in [0, 0.1) is 6.92 Å². The molecule has 0 aliphatic heterocycles. The van der Waals surface area contributed by atoms with Crippen molar-refractivity contribution in [2.24, 2.45) is 0 Å². The first-order valence-electron chi connectivity index (χ1n) is 5.59. The molecule has 0 atom stereocenters. The molecule has 0 saturated carbocycles. The standard InChI is InChI=1S/C14H14BClO/c1-10-8-11(2-7-14(10)16)9-17-13-5-3-12(15)4-6-13/h2-8H,9,15H2,1H3. The van der Waals surface area contributed by atoms with Gasteiger partial charge in [-0.3, -0.25) is 0 Å². The van der Waals surface area contributed by atoms with E-state index in [4.69, 9.17) is 16.3 Å². The van der Waals surface area contributed by atoms with Crippen molar-refractivity contribution in [3.63, 3.8) is 0 Å². The van der Waals surface area contributed by atoms with Crippen LogP contribution < -0.4 is 10.2 Å². The smallest absolute Gasteiger partial charge is 0.139 e. The zero-order valence-electron chi connectivity index (χ0n) is 10.0. The van der Waals surface area contributed by atoms with E-state index in [-0.39, 0.29) is 0 Å². The van der Waals surface area contributed by atoms with Gasteiger partial charge in [0.25, 0.3) is 0 Å². The molecule has 0 amide bonds. The van der Waals surface area contributed by atoms with E-state index in [0.29, 0.717) is 6.61 Å². The highest BCUT2D eigenvalue weighted by molar-refractivity contribution is 6.32. The summed E-state index contributed by atoms with van der Waals surface area (Å²) in [6.45, 7) is 2.57. The minimum absolute atomic E-state index is 0.571. The van der Waals surface area contributed by atoms with Crippen LogP contribution in [0.15, 0.2) is 42.5 Å². The van der Waals surface area contributed by atoms with Crippen molar-refractivity contribution in [3.8, 4) is 5.75 Å². The lowest BCUT2D eigenvalue weighted by Crippen LogP contribution is -2.01. The minimum atomic E-state index is 0.571. The highest BCUT2D eigenvalue weighted by atomic mass is 35.5. The van der Waals surface area contributed by atoms with Crippen molar-refractivity contribution in [2.75, 3.05) is 0 Å². The van der Waals surface area contributed by atoms with E-state index in [1.807, 2.05) is 43.3 Å². The first-order chi connectivity index (χ1) is 8.15. The number of rotatable bonds is 3. The van der Waals surface area contributed by atoms with Gasteiger partial charge in [0, 0.05) is 5.02 Å². The van der Waals surface area contributed by atoms with Crippen molar-refractivity contribution in [3.05, 3.63) is 58.6 Å². The molecule has 3 heteroatoms. The van der Waals surface area contributed by atoms with E-state index in [1.54, 1.807) is 0 Å². The van der Waals surface area contributed by atoms with E-state index in [0.717, 1.165) is 21.9 Å². The highest BCUT2D eigenvalue weighted by Crippen LogP contribution is 2.17. The zero-order valence-corrected chi connectivity index (χ0v) is 10.8. The molecule has 0 fully saturated rings. The van der Waals surface area contributed by atoms with Crippen molar-refractivity contribution >= 4 is 24.9 Å². The second-order valence-electron chi connectivity index (χ2n) is 4.19. The molecular weight excluding hydrogens is 230 g/mol. The van der Waals surface area contributed by atoms with Gasteiger partial charge >= 0.3 is 0 Å². The van der Waals surface area contributed by atoms with E-state index in [2.05, 4.69) is 13.9 Å². The van der Waals surface area contributed by atoms with Gasteiger partial charge in [-0.25, -0.2) is 0 Å². The van der Waals surface area contributed by atoms with Crippen LogP contribution in [0.4, 0.5) is 0 Å². The largest absolute Gasteiger partial charge is 0.489 e. The topological polar surface area (TPSA) is 9.23 Å². The summed E-state index contributed by atoms with van der Waals surface area (Å²) in [4.78, 5) is 0. The van der Waals surface area contributed by atoms with Gasteiger partial charge in [-0.2, -0.15) is 0 Å². The van der Waals surface area contributed by atoms with Crippen LogP contribution in [0.25, 0.3) is 0 Å². The number of aryl methyl sites for hydroxylation is 1. The van der Waals surface area contributed by atoms with Gasteiger partial charge in [-0.1, -0.05) is 41.3 Å². The Labute approximate surface area is 108 Å². The van der Waals surface area contributed by atoms with Crippen molar-refractivity contribution < 1.29 is 4.74 Å². The maximum absolute atomic E-state index is 5.97. The Kier molecular flexibility index (Phi) is 3.75. The molecule has 0 radical (unpaired) electrons. The summed E-state index contributed by atoms with van der Waals surface area (Å²) in [5.41, 5.74) is 3.45. The summed E-state index contributed by atoms with van der Waals surface area (Å²) in [7, 11) is 2.06. The SMILES string of the molecule is Bc1ccc(OCc2ccc(Cl)c(C)c2)cc1. The summed E-state index contributed by atoms with van der Waals surface area (Å²) < 4.78 is 5.70. The molecule has 0 unspecified atom stereocenters. The fourth-order valence-corrected chi connectivity index (χ4v) is 1.72. The monoisotopic (exact) mass is 244 g/mol. The lowest BCUT2D eigenvalue weighted by molar-refractivity contribution is 0.306. The molecule has 86 valence electrons. The number of halogens is 1. The normalized spacial score (nSPS) is 10.2. The molecule has 0 aliphatic rings. The quantitative estimate of drug-likeness (QED) is 0.754. The Morgan fingerprint density at radius 2 is 1.82 bits per heavy atom. The van der Waals surface area contributed by atoms with Gasteiger partial charge in [0.05, 0.1) is 0 Å². The third-order valence-electron chi connectivity index (χ3n) is 2.65. The van der Waals surface area contributed by atoms with Crippen LogP contribution >= 0.6 is 11.6 Å². The van der Waals surface area contributed by atoms with Crippen LogP contribution in [0.5, 0.6) is 5.75 Å². The Morgan fingerprint density at radius 1 is 1.12 bits per heavy atom. The molecule has 0 bridgehead atoms. The second-order valence-corrected chi connectivity index (χ2v) is 4.59. The second kappa shape index (κ2) is 5.28. The lowest BCUT2D eigenvalue weighted by Gasteiger charge is -2.07. The first kappa shape index (κ1) is 12.1. The molecule has 0 heterocycles. The average molecular weight is 245 g/mol. The number of hydrogen-bond donors (Lipinski definition) is 0. The molecule has 0 saturated heterocycles. The Hall–Kier alpha value is -1.41. The summed E-state index contributed by atoms with van der Waals surface area (Å²) in [6, 6.07) is 14.0. The Balaban J connectivity index is 2.02. The zero-order chi connectivity index (χ0) is 12.3. The summed E-state index contributed by atoms with van der Waals surface area (Å²) in [5, 5.41) is 0.795. The molecule has 2 rings (SSSR count). The molecule has 1 nitrogen and oxygen atoms in total. The lowest BCUT2D eigenvalue weighted by atomic mass is 9.97. The van der Waals surface area contributed by atoms with E-state index in [1.165, 1.54) is 5.46 Å². The Morgan fingerprint density at radius 3 is 2.47 bits per heavy atom. The van der Waals surface area contributed by atoms with Gasteiger partial charge in [0.15, 0.2) is 0 Å². The molecule has 0 aliphatic carbocycles. The highest BCUT2D eigenvalue weighted by Gasteiger charge is 1.99. The van der Waals surface area contributed by atoms with E-state index < -0.39 is 0 Å². The van der Waals surface area contributed by atoms with Crippen molar-refractivity contribution in [1.29, 1.82) is 0 Å². The number of benzene rings is 2. The molecule has 0 aromatic heterocycles. The summed E-state index contributed by atoms with van der Waals surface area (Å²) in [5.74, 6) is 0.892. The van der Waals surface area contributed by atoms with Crippen LogP contribution in [0.1, 0.15) is 11.1 Å². The predicted octanol–water partition coefficient (Wildman–Crippen LogP) is 2.49. The number of hydrogen-bond acceptors (Lipinski definition) is 1. The van der Waals surface area contributed by atoms with Crippen molar-refractivity contribution in [1.82, 2.24) is 0 Å². The summed E-state index contributed by atoms with van der Waals surface area (Å²) >= 11 is 5.97. The molecule has 2 aromatic carbocycles. The molecular formula is C14H14BClO. The minimum Gasteiger partial charge on any atom is -0.489 e. The third kappa shape index (κ3) is 3.27. The fraction of sp³-hybridized carbons (Fsp3) is 0.143. The molecule has 0 spiro atoms. The van der Waals surface area contributed by atoms with E-state index >= 15 is 0 Å². The van der Waals surface area contributed by atoms with Gasteiger partial charge in [-0.05, 0) is 36.2 Å². The molecule has 2 aromatic rings. The maximum atomic E-state index is 5.97. The van der Waals surface area contributed by atoms with Gasteiger partial charge < -0.3 is 4.74 Å². The Bertz CT molecular complexity index is 508. The van der Waals surface area contributed by atoms with Gasteiger partial charge in [0.1, 0.15) is 20.2 Å². The van der Waals surface area contributed by atoms with Crippen molar-refractivity contribution in [2.45, 2.75) is 13.5 Å². The van der Waals surface area contributed by atoms with Crippen LogP contribution in [0.3, 0.4) is 0 Å².